The van der Waals surface area contributed by atoms with Crippen LogP contribution in [0.15, 0.2) is 24.3 Å². The smallest absolute Gasteiger partial charge is 0.131 e. The molecule has 0 saturated carbocycles. The van der Waals surface area contributed by atoms with Crippen LogP contribution in [0.2, 0.25) is 0 Å². The van der Waals surface area contributed by atoms with Gasteiger partial charge >= 0.3 is 0 Å². The Kier molecular flexibility index (Phi) is 13.3. The number of hydroxylamine groups is 8. The molecule has 4 unspecified atom stereocenters. The Morgan fingerprint density at radius 2 is 0.581 bits per heavy atom. The van der Waals surface area contributed by atoms with Crippen molar-refractivity contribution < 1.29 is 39.8 Å². The molecule has 0 aromatic heterocycles. The molecule has 0 radical (unpaired) electrons. The van der Waals surface area contributed by atoms with E-state index in [0.717, 1.165) is 62.1 Å². The molecule has 352 valence electrons. The number of benzene rings is 2. The number of rotatable bonds is 8. The normalized spacial score (nSPS) is 31.2. The fourth-order valence-electron chi connectivity index (χ4n) is 11.6. The highest BCUT2D eigenvalue weighted by atomic mass is 16.5. The SMILES string of the molecule is CC1(C)CCC(Oc2cc(OC3CCC(C)(C)N(O)C(C)(C)C3)c3cc(OC4CCC(C)(C)N(O)C(C)(C)C4)cc(OC4CCC(C)(C)N(O)C(C)(C)C4)c3c2)CC(C)(C)N1O. The summed E-state index contributed by atoms with van der Waals surface area (Å²) in [6.45, 7) is 33.2. The average Bonchev–Trinajstić information content (AvgIpc) is 3.36. The van der Waals surface area contributed by atoms with Gasteiger partial charge < -0.3 is 39.8 Å². The lowest BCUT2D eigenvalue weighted by Crippen LogP contribution is -2.52. The van der Waals surface area contributed by atoms with E-state index in [4.69, 9.17) is 18.9 Å². The standard InChI is InChI=1S/C50H84N4O8/c1-43(2)21-17-33(29-47(9,10)51(43)55)59-37-25-39-40(41(27-37)61-35-19-23-45(5,6)53(57)49(13,14)31-35)26-38(60-34-18-22-44(3,4)52(56)48(11,12)30-34)28-42(39)62-36-20-24-46(7,8)54(58)50(15,16)32-36/h25-28,33-36,55-58H,17-24,29-32H2,1-16H3. The Balaban J connectivity index is 1.49. The maximum Gasteiger partial charge on any atom is 0.131 e. The van der Waals surface area contributed by atoms with Crippen molar-refractivity contribution in [2.24, 2.45) is 0 Å². The molecule has 0 aliphatic carbocycles. The molecule has 0 amide bonds. The van der Waals surface area contributed by atoms with E-state index in [9.17, 15) is 20.8 Å². The van der Waals surface area contributed by atoms with Crippen LogP contribution >= 0.6 is 0 Å². The zero-order chi connectivity index (χ0) is 46.2. The Morgan fingerprint density at radius 3 is 0.823 bits per heavy atom. The Bertz CT molecular complexity index is 1770. The lowest BCUT2D eigenvalue weighted by atomic mass is 9.95. The van der Waals surface area contributed by atoms with Gasteiger partial charge in [-0.1, -0.05) is 0 Å². The van der Waals surface area contributed by atoms with Gasteiger partial charge in [0.25, 0.3) is 0 Å². The second kappa shape index (κ2) is 16.8. The summed E-state index contributed by atoms with van der Waals surface area (Å²) in [5.74, 6) is 2.63. The van der Waals surface area contributed by atoms with E-state index in [2.05, 4.69) is 123 Å². The first kappa shape index (κ1) is 49.0. The number of fused-ring (bicyclic) bond motifs is 1. The molecule has 4 aliphatic heterocycles. The van der Waals surface area contributed by atoms with Crippen molar-refractivity contribution in [2.45, 2.75) is 257 Å². The van der Waals surface area contributed by atoms with Gasteiger partial charge in [0.15, 0.2) is 0 Å². The molecule has 6 rings (SSSR count). The van der Waals surface area contributed by atoms with Crippen LogP contribution in [0.5, 0.6) is 23.0 Å². The number of ether oxygens (including phenoxy) is 4. The highest BCUT2D eigenvalue weighted by Gasteiger charge is 2.46. The summed E-state index contributed by atoms with van der Waals surface area (Å²) < 4.78 is 28.4. The van der Waals surface area contributed by atoms with E-state index in [1.165, 1.54) is 20.3 Å². The first-order valence-electron chi connectivity index (χ1n) is 23.5. The van der Waals surface area contributed by atoms with Gasteiger partial charge in [-0.3, -0.25) is 0 Å². The summed E-state index contributed by atoms with van der Waals surface area (Å²) >= 11 is 0. The van der Waals surface area contributed by atoms with Gasteiger partial charge in [0, 0.05) is 92.9 Å². The zero-order valence-corrected chi connectivity index (χ0v) is 41.3. The van der Waals surface area contributed by atoms with Gasteiger partial charge in [-0.2, -0.15) is 20.3 Å². The van der Waals surface area contributed by atoms with Crippen LogP contribution in [0.4, 0.5) is 0 Å². The molecule has 12 heteroatoms. The van der Waals surface area contributed by atoms with Crippen LogP contribution in [0, 0.1) is 0 Å². The van der Waals surface area contributed by atoms with E-state index in [-0.39, 0.29) is 24.4 Å². The second-order valence-electron chi connectivity index (χ2n) is 24.6. The summed E-state index contributed by atoms with van der Waals surface area (Å²) in [5.41, 5.74) is -3.85. The minimum atomic E-state index is -0.548. The molecule has 62 heavy (non-hydrogen) atoms. The van der Waals surface area contributed by atoms with Crippen molar-refractivity contribution in [2.75, 3.05) is 0 Å². The van der Waals surface area contributed by atoms with Crippen LogP contribution in [0.3, 0.4) is 0 Å². The third-order valence-corrected chi connectivity index (χ3v) is 14.9. The van der Waals surface area contributed by atoms with E-state index in [1.807, 2.05) is 12.1 Å². The maximum absolute atomic E-state index is 11.4. The summed E-state index contributed by atoms with van der Waals surface area (Å²) in [4.78, 5) is 0. The van der Waals surface area contributed by atoms with Crippen molar-refractivity contribution in [3.63, 3.8) is 0 Å². The summed E-state index contributed by atoms with van der Waals surface area (Å²) in [7, 11) is 0. The first-order valence-corrected chi connectivity index (χ1v) is 23.5. The Morgan fingerprint density at radius 1 is 0.355 bits per heavy atom. The minimum Gasteiger partial charge on any atom is -0.490 e. The molecule has 0 spiro atoms. The number of nitrogens with zero attached hydrogens (tertiary/aromatic N) is 4. The third kappa shape index (κ3) is 10.3. The van der Waals surface area contributed by atoms with Crippen molar-refractivity contribution in [3.8, 4) is 23.0 Å². The number of hydrogen-bond acceptors (Lipinski definition) is 12. The fraction of sp³-hybridized carbons (Fsp3) is 0.800. The topological polar surface area (TPSA) is 131 Å². The van der Waals surface area contributed by atoms with Crippen LogP contribution in [0.25, 0.3) is 10.8 Å². The van der Waals surface area contributed by atoms with Crippen LogP contribution in [-0.4, -0.2) is 110 Å². The second-order valence-corrected chi connectivity index (χ2v) is 24.6. The van der Waals surface area contributed by atoms with Gasteiger partial charge in [0.2, 0.25) is 0 Å². The van der Waals surface area contributed by atoms with Gasteiger partial charge in [-0.25, -0.2) is 0 Å². The molecule has 4 aliphatic rings. The molecule has 0 bridgehead atoms. The van der Waals surface area contributed by atoms with Crippen molar-refractivity contribution in [3.05, 3.63) is 24.3 Å². The highest BCUT2D eigenvalue weighted by molar-refractivity contribution is 5.95. The predicted molar refractivity (Wildman–Crippen MR) is 244 cm³/mol. The quantitative estimate of drug-likeness (QED) is 0.201. The lowest BCUT2D eigenvalue weighted by Gasteiger charge is -2.42. The van der Waals surface area contributed by atoms with E-state index >= 15 is 0 Å². The van der Waals surface area contributed by atoms with E-state index < -0.39 is 44.3 Å². The number of hydrogen-bond donors (Lipinski definition) is 4. The maximum atomic E-state index is 11.4. The molecule has 2 aromatic rings. The fourth-order valence-corrected chi connectivity index (χ4v) is 11.6. The molecule has 4 fully saturated rings. The van der Waals surface area contributed by atoms with Crippen LogP contribution in [0.1, 0.15) is 188 Å². The Labute approximate surface area is 373 Å². The molecule has 4 atom stereocenters. The van der Waals surface area contributed by atoms with Gasteiger partial charge in [-0.05, 0) is 174 Å². The molecule has 2 aromatic carbocycles. The molecule has 4 N–H and O–H groups in total. The lowest BCUT2D eigenvalue weighted by molar-refractivity contribution is -0.222. The Hall–Kier alpha value is -2.42. The zero-order valence-electron chi connectivity index (χ0n) is 41.3. The summed E-state index contributed by atoms with van der Waals surface area (Å²) in [6.07, 6.45) is 7.70. The summed E-state index contributed by atoms with van der Waals surface area (Å²) in [5, 5.41) is 53.1. The molecule has 4 heterocycles. The molecular weight excluding hydrogens is 785 g/mol. The van der Waals surface area contributed by atoms with Crippen molar-refractivity contribution in [1.82, 2.24) is 20.3 Å². The van der Waals surface area contributed by atoms with E-state index in [0.29, 0.717) is 48.7 Å². The molecule has 4 saturated heterocycles. The monoisotopic (exact) mass is 869 g/mol. The average molecular weight is 869 g/mol. The van der Waals surface area contributed by atoms with Crippen LogP contribution < -0.4 is 18.9 Å². The minimum absolute atomic E-state index is 0.173. The van der Waals surface area contributed by atoms with Crippen LogP contribution in [-0.2, 0) is 0 Å². The largest absolute Gasteiger partial charge is 0.490 e. The van der Waals surface area contributed by atoms with Gasteiger partial charge in [-0.15, -0.1) is 0 Å². The van der Waals surface area contributed by atoms with Crippen molar-refractivity contribution >= 4 is 10.8 Å². The van der Waals surface area contributed by atoms with Gasteiger partial charge in [0.05, 0.1) is 0 Å². The summed E-state index contributed by atoms with van der Waals surface area (Å²) in [6, 6.07) is 8.16. The third-order valence-electron chi connectivity index (χ3n) is 14.9. The first-order chi connectivity index (χ1) is 28.2. The van der Waals surface area contributed by atoms with E-state index in [1.54, 1.807) is 0 Å². The van der Waals surface area contributed by atoms with Gasteiger partial charge in [0.1, 0.15) is 47.4 Å². The molecule has 12 nitrogen and oxygen atoms in total. The highest BCUT2D eigenvalue weighted by Crippen LogP contribution is 2.47. The molecular formula is C50H84N4O8. The van der Waals surface area contributed by atoms with Crippen molar-refractivity contribution in [1.29, 1.82) is 0 Å². The predicted octanol–water partition coefficient (Wildman–Crippen LogP) is 11.6.